The molecule has 0 unspecified atom stereocenters. The number of aryl methyl sites for hydroxylation is 1. The maximum atomic E-state index is 9.71. The highest BCUT2D eigenvalue weighted by atomic mass is 16.4. The molecule has 0 amide bonds. The fourth-order valence-electron chi connectivity index (χ4n) is 3.98. The van der Waals surface area contributed by atoms with Gasteiger partial charge in [0, 0.05) is 55.0 Å². The summed E-state index contributed by atoms with van der Waals surface area (Å²) in [6, 6.07) is 9.59. The molecule has 2 aromatic heterocycles. The predicted octanol–water partition coefficient (Wildman–Crippen LogP) is 0.813. The van der Waals surface area contributed by atoms with Gasteiger partial charge in [-0.25, -0.2) is 0 Å². The Bertz CT molecular complexity index is 1050. The first-order valence-electron chi connectivity index (χ1n) is 9.52. The Hall–Kier alpha value is -3.22. The van der Waals surface area contributed by atoms with Crippen LogP contribution in [0.3, 0.4) is 0 Å². The molecule has 0 bridgehead atoms. The molecular weight excluding hydrogens is 367 g/mol. The number of nitriles is 1. The van der Waals surface area contributed by atoms with Gasteiger partial charge in [-0.3, -0.25) is 4.98 Å². The van der Waals surface area contributed by atoms with E-state index in [2.05, 4.69) is 26.2 Å². The van der Waals surface area contributed by atoms with Gasteiger partial charge < -0.3 is 19.5 Å². The van der Waals surface area contributed by atoms with Gasteiger partial charge in [0.25, 0.3) is 0 Å². The third-order valence-corrected chi connectivity index (χ3v) is 5.45. The molecule has 0 atom stereocenters. The molecule has 4 rings (SSSR count). The van der Waals surface area contributed by atoms with Gasteiger partial charge in [0.2, 0.25) is 0 Å². The Labute approximate surface area is 169 Å². The molecule has 0 spiro atoms. The topological polar surface area (TPSA) is 111 Å². The number of pyridine rings is 1. The summed E-state index contributed by atoms with van der Waals surface area (Å²) in [6.07, 6.45) is 6.66. The Kier molecular flexibility index (Phi) is 5.29. The first kappa shape index (κ1) is 19.1. The monoisotopic (exact) mass is 388 g/mol. The van der Waals surface area contributed by atoms with Crippen LogP contribution < -0.4 is 10.4 Å². The number of anilines is 1. The van der Waals surface area contributed by atoms with E-state index < -0.39 is 7.12 Å². The Balaban J connectivity index is 1.67. The molecule has 0 aliphatic carbocycles. The van der Waals surface area contributed by atoms with E-state index in [1.807, 2.05) is 29.8 Å². The number of hydrogen-bond donors (Lipinski definition) is 2. The smallest absolute Gasteiger partial charge is 0.423 e. The first-order chi connectivity index (χ1) is 14.1. The van der Waals surface area contributed by atoms with E-state index >= 15 is 0 Å². The van der Waals surface area contributed by atoms with Crippen molar-refractivity contribution in [1.29, 1.82) is 5.26 Å². The van der Waals surface area contributed by atoms with E-state index in [4.69, 9.17) is 0 Å². The maximum absolute atomic E-state index is 9.71. The number of aromatic nitrogens is 4. The largest absolute Gasteiger partial charge is 0.490 e. The molecule has 3 heterocycles. The summed E-state index contributed by atoms with van der Waals surface area (Å²) < 4.78 is 1.96. The van der Waals surface area contributed by atoms with Crippen LogP contribution in [-0.4, -0.2) is 50.0 Å². The van der Waals surface area contributed by atoms with Crippen molar-refractivity contribution >= 4 is 18.3 Å². The highest BCUT2D eigenvalue weighted by Gasteiger charge is 2.27. The van der Waals surface area contributed by atoms with Crippen molar-refractivity contribution in [2.24, 2.45) is 7.05 Å². The average Bonchev–Trinajstić information content (AvgIpc) is 3.19. The number of rotatable bonds is 4. The van der Waals surface area contributed by atoms with Crippen molar-refractivity contribution in [3.63, 3.8) is 0 Å². The summed E-state index contributed by atoms with van der Waals surface area (Å²) in [7, 11) is 0.368. The summed E-state index contributed by atoms with van der Waals surface area (Å²) in [5.74, 6) is 1.33. The van der Waals surface area contributed by atoms with E-state index in [1.54, 1.807) is 18.6 Å². The number of nitrogens with zero attached hydrogens (tertiary/aromatic N) is 6. The normalized spacial score (nSPS) is 14.6. The van der Waals surface area contributed by atoms with Crippen molar-refractivity contribution in [3.8, 4) is 17.2 Å². The molecule has 146 valence electrons. The minimum Gasteiger partial charge on any atom is -0.423 e. The molecule has 29 heavy (non-hydrogen) atoms. The zero-order valence-electron chi connectivity index (χ0n) is 16.1. The summed E-state index contributed by atoms with van der Waals surface area (Å²) >= 11 is 0. The molecule has 1 fully saturated rings. The summed E-state index contributed by atoms with van der Waals surface area (Å²) in [6.45, 7) is 1.58. The summed E-state index contributed by atoms with van der Waals surface area (Å²) in [5.41, 5.74) is 3.37. The number of piperidine rings is 1. The van der Waals surface area contributed by atoms with Crippen LogP contribution in [-0.2, 0) is 7.05 Å². The van der Waals surface area contributed by atoms with Crippen LogP contribution >= 0.6 is 0 Å². The summed E-state index contributed by atoms with van der Waals surface area (Å²) in [4.78, 5) is 6.37. The van der Waals surface area contributed by atoms with Crippen molar-refractivity contribution in [2.45, 2.75) is 18.8 Å². The SMILES string of the molecule is Cn1cnnc1C1CCN(c2c(C#N)cccc2-c2cncc(B(O)O)c2)CC1. The highest BCUT2D eigenvalue weighted by Crippen LogP contribution is 2.37. The molecule has 1 aromatic carbocycles. The number of benzene rings is 1. The molecule has 3 aromatic rings. The third kappa shape index (κ3) is 3.72. The number of para-hydroxylation sites is 1. The lowest BCUT2D eigenvalue weighted by molar-refractivity contribution is 0.425. The standard InChI is InChI=1S/C20H21BN6O2/c1-26-13-24-25-20(26)14-5-7-27(8-6-14)19-15(10-22)3-2-4-18(19)16-9-17(21(28)29)12-23-11-16/h2-4,9,11-14,28-29H,5-8H2,1H3. The second-order valence-electron chi connectivity index (χ2n) is 7.26. The van der Waals surface area contributed by atoms with Crippen molar-refractivity contribution in [2.75, 3.05) is 18.0 Å². The van der Waals surface area contributed by atoms with Crippen LogP contribution in [0.25, 0.3) is 11.1 Å². The van der Waals surface area contributed by atoms with Gasteiger partial charge in [0.15, 0.2) is 0 Å². The van der Waals surface area contributed by atoms with E-state index in [1.165, 1.54) is 6.20 Å². The second kappa shape index (κ2) is 8.03. The fraction of sp³-hybridized carbons (Fsp3) is 0.300. The maximum Gasteiger partial charge on any atom is 0.490 e. The van der Waals surface area contributed by atoms with Crippen LogP contribution in [0.15, 0.2) is 43.0 Å². The third-order valence-electron chi connectivity index (χ3n) is 5.45. The lowest BCUT2D eigenvalue weighted by Gasteiger charge is -2.35. The molecule has 1 aliphatic rings. The Morgan fingerprint density at radius 2 is 2.00 bits per heavy atom. The molecule has 8 nitrogen and oxygen atoms in total. The van der Waals surface area contributed by atoms with E-state index in [0.29, 0.717) is 16.9 Å². The van der Waals surface area contributed by atoms with E-state index in [-0.39, 0.29) is 0 Å². The Morgan fingerprint density at radius 3 is 2.66 bits per heavy atom. The van der Waals surface area contributed by atoms with E-state index in [9.17, 15) is 15.3 Å². The molecule has 2 N–H and O–H groups in total. The van der Waals surface area contributed by atoms with Crippen LogP contribution in [0.2, 0.25) is 0 Å². The van der Waals surface area contributed by atoms with Crippen LogP contribution in [0.1, 0.15) is 30.1 Å². The molecule has 1 aliphatic heterocycles. The van der Waals surface area contributed by atoms with Crippen LogP contribution in [0.5, 0.6) is 0 Å². The molecule has 0 saturated carbocycles. The van der Waals surface area contributed by atoms with Gasteiger partial charge in [0.1, 0.15) is 18.2 Å². The molecular formula is C20H21BN6O2. The minimum atomic E-state index is -1.59. The van der Waals surface area contributed by atoms with Crippen LogP contribution in [0.4, 0.5) is 5.69 Å². The van der Waals surface area contributed by atoms with Crippen molar-refractivity contribution < 1.29 is 10.0 Å². The number of hydrogen-bond acceptors (Lipinski definition) is 7. The first-order valence-corrected chi connectivity index (χ1v) is 9.52. The van der Waals surface area contributed by atoms with Crippen molar-refractivity contribution in [3.05, 3.63) is 54.4 Å². The van der Waals surface area contributed by atoms with Gasteiger partial charge in [-0.2, -0.15) is 5.26 Å². The quantitative estimate of drug-likeness (QED) is 0.637. The fourth-order valence-corrected chi connectivity index (χ4v) is 3.98. The zero-order chi connectivity index (χ0) is 20.4. The van der Waals surface area contributed by atoms with Gasteiger partial charge in [-0.05, 0) is 18.9 Å². The van der Waals surface area contributed by atoms with Gasteiger partial charge in [-0.15, -0.1) is 10.2 Å². The minimum absolute atomic E-state index is 0.316. The lowest BCUT2D eigenvalue weighted by Crippen LogP contribution is -2.34. The van der Waals surface area contributed by atoms with Crippen molar-refractivity contribution in [1.82, 2.24) is 19.7 Å². The lowest BCUT2D eigenvalue weighted by atomic mass is 9.80. The van der Waals surface area contributed by atoms with Crippen LogP contribution in [0, 0.1) is 11.3 Å². The molecule has 9 heteroatoms. The van der Waals surface area contributed by atoms with Gasteiger partial charge in [0.05, 0.1) is 11.3 Å². The van der Waals surface area contributed by atoms with Gasteiger partial charge in [-0.1, -0.05) is 18.2 Å². The Morgan fingerprint density at radius 1 is 1.21 bits per heavy atom. The zero-order valence-corrected chi connectivity index (χ0v) is 16.1. The molecule has 1 saturated heterocycles. The van der Waals surface area contributed by atoms with Gasteiger partial charge >= 0.3 is 7.12 Å². The molecule has 0 radical (unpaired) electrons. The highest BCUT2D eigenvalue weighted by molar-refractivity contribution is 6.58. The second-order valence-corrected chi connectivity index (χ2v) is 7.26. The summed E-state index contributed by atoms with van der Waals surface area (Å²) in [5, 5.41) is 36.9. The van der Waals surface area contributed by atoms with E-state index in [0.717, 1.165) is 48.6 Å². The average molecular weight is 388 g/mol. The predicted molar refractivity (Wildman–Crippen MR) is 109 cm³/mol.